The minimum atomic E-state index is 0.105. The molecule has 0 unspecified atom stereocenters. The van der Waals surface area contributed by atoms with Crippen LogP contribution < -0.4 is 4.74 Å². The minimum Gasteiger partial charge on any atom is -0.497 e. The van der Waals surface area contributed by atoms with Crippen LogP contribution in [-0.4, -0.2) is 31.0 Å². The van der Waals surface area contributed by atoms with Crippen LogP contribution >= 0.6 is 0 Å². The van der Waals surface area contributed by atoms with E-state index in [1.165, 1.54) is 5.56 Å². The number of hydrogen-bond donors (Lipinski definition) is 1. The van der Waals surface area contributed by atoms with Crippen LogP contribution in [0.2, 0.25) is 0 Å². The van der Waals surface area contributed by atoms with Crippen molar-refractivity contribution in [1.29, 1.82) is 0 Å². The van der Waals surface area contributed by atoms with Crippen molar-refractivity contribution < 1.29 is 19.3 Å². The number of methoxy groups -OCH3 is 1. The zero-order chi connectivity index (χ0) is 21.6. The Hall–Kier alpha value is -1.88. The third kappa shape index (κ3) is 9.29. The molecule has 4 heteroatoms. The standard InChI is InChI=1S/C26H38O4/c1-4-8-25(29-19-22-9-6-5-7-10-22)17-26(14-11-21(2)18-27)30-20-23-12-15-24(28-3)16-13-23/h5-7,9-10,12-13,15-16,21,25-27H,4,8,11,14,17-20H2,1-3H3/t21-,25-,26-/m0/s1. The molecule has 0 aromatic heterocycles. The topological polar surface area (TPSA) is 47.9 Å². The van der Waals surface area contributed by atoms with E-state index in [-0.39, 0.29) is 24.7 Å². The quantitative estimate of drug-likeness (QED) is 0.402. The molecule has 30 heavy (non-hydrogen) atoms. The first-order valence-electron chi connectivity index (χ1n) is 11.2. The molecule has 3 atom stereocenters. The van der Waals surface area contributed by atoms with E-state index in [0.717, 1.165) is 43.4 Å². The number of ether oxygens (including phenoxy) is 3. The van der Waals surface area contributed by atoms with E-state index in [1.54, 1.807) is 7.11 Å². The summed E-state index contributed by atoms with van der Waals surface area (Å²) in [6.45, 7) is 5.69. The van der Waals surface area contributed by atoms with Gasteiger partial charge < -0.3 is 19.3 Å². The second-order valence-corrected chi connectivity index (χ2v) is 8.09. The van der Waals surface area contributed by atoms with Crippen LogP contribution in [0, 0.1) is 5.92 Å². The molecular formula is C26H38O4. The van der Waals surface area contributed by atoms with Crippen LogP contribution in [0.5, 0.6) is 5.75 Å². The Morgan fingerprint density at radius 2 is 1.40 bits per heavy atom. The molecule has 0 saturated carbocycles. The summed E-state index contributed by atoms with van der Waals surface area (Å²) in [4.78, 5) is 0. The average Bonchev–Trinajstić information content (AvgIpc) is 2.80. The molecule has 0 fully saturated rings. The lowest BCUT2D eigenvalue weighted by molar-refractivity contribution is -0.0373. The zero-order valence-electron chi connectivity index (χ0n) is 18.8. The lowest BCUT2D eigenvalue weighted by atomic mass is 9.98. The van der Waals surface area contributed by atoms with Crippen LogP contribution in [0.4, 0.5) is 0 Å². The largest absolute Gasteiger partial charge is 0.497 e. The van der Waals surface area contributed by atoms with Gasteiger partial charge in [0.05, 0.1) is 32.5 Å². The third-order valence-electron chi connectivity index (χ3n) is 5.40. The van der Waals surface area contributed by atoms with Gasteiger partial charge in [0.25, 0.3) is 0 Å². The monoisotopic (exact) mass is 414 g/mol. The Morgan fingerprint density at radius 3 is 1.97 bits per heavy atom. The van der Waals surface area contributed by atoms with Gasteiger partial charge in [0.2, 0.25) is 0 Å². The van der Waals surface area contributed by atoms with Crippen molar-refractivity contribution in [1.82, 2.24) is 0 Å². The number of aliphatic hydroxyl groups excluding tert-OH is 1. The maximum atomic E-state index is 9.40. The number of aliphatic hydroxyl groups is 1. The highest BCUT2D eigenvalue weighted by molar-refractivity contribution is 5.26. The predicted octanol–water partition coefficient (Wildman–Crippen LogP) is 5.76. The number of hydrogen-bond acceptors (Lipinski definition) is 4. The van der Waals surface area contributed by atoms with Gasteiger partial charge in [-0.2, -0.15) is 0 Å². The smallest absolute Gasteiger partial charge is 0.118 e. The van der Waals surface area contributed by atoms with Crippen LogP contribution in [0.15, 0.2) is 54.6 Å². The van der Waals surface area contributed by atoms with Gasteiger partial charge in [-0.3, -0.25) is 0 Å². The summed E-state index contributed by atoms with van der Waals surface area (Å²) in [6.07, 6.45) is 5.11. The highest BCUT2D eigenvalue weighted by atomic mass is 16.5. The molecular weight excluding hydrogens is 376 g/mol. The molecule has 0 radical (unpaired) electrons. The van der Waals surface area contributed by atoms with Crippen LogP contribution in [0.25, 0.3) is 0 Å². The molecule has 166 valence electrons. The van der Waals surface area contributed by atoms with E-state index in [2.05, 4.69) is 26.0 Å². The summed E-state index contributed by atoms with van der Waals surface area (Å²) in [6, 6.07) is 18.3. The molecule has 0 spiro atoms. The molecule has 0 aliphatic heterocycles. The molecule has 2 aromatic carbocycles. The fourth-order valence-corrected chi connectivity index (χ4v) is 3.44. The average molecular weight is 415 g/mol. The molecule has 1 N–H and O–H groups in total. The molecule has 0 amide bonds. The Kier molecular flexibility index (Phi) is 11.5. The van der Waals surface area contributed by atoms with Gasteiger partial charge in [0, 0.05) is 6.61 Å². The van der Waals surface area contributed by atoms with Crippen molar-refractivity contribution in [2.75, 3.05) is 13.7 Å². The van der Waals surface area contributed by atoms with Gasteiger partial charge in [-0.1, -0.05) is 62.7 Å². The number of rotatable bonds is 15. The van der Waals surface area contributed by atoms with E-state index in [9.17, 15) is 5.11 Å². The molecule has 0 heterocycles. The molecule has 2 aromatic rings. The summed E-state index contributed by atoms with van der Waals surface area (Å²) in [5, 5.41) is 9.40. The molecule has 0 bridgehead atoms. The molecule has 4 nitrogen and oxygen atoms in total. The summed E-state index contributed by atoms with van der Waals surface area (Å²) in [7, 11) is 1.67. The Balaban J connectivity index is 1.95. The van der Waals surface area contributed by atoms with E-state index in [0.29, 0.717) is 13.2 Å². The fraction of sp³-hybridized carbons (Fsp3) is 0.538. The van der Waals surface area contributed by atoms with Crippen molar-refractivity contribution in [2.24, 2.45) is 5.92 Å². The predicted molar refractivity (Wildman–Crippen MR) is 122 cm³/mol. The van der Waals surface area contributed by atoms with Crippen LogP contribution in [0.1, 0.15) is 57.1 Å². The fourth-order valence-electron chi connectivity index (χ4n) is 3.44. The van der Waals surface area contributed by atoms with E-state index in [1.807, 2.05) is 42.5 Å². The van der Waals surface area contributed by atoms with E-state index in [4.69, 9.17) is 14.2 Å². The summed E-state index contributed by atoms with van der Waals surface area (Å²) >= 11 is 0. The molecule has 2 rings (SSSR count). The maximum Gasteiger partial charge on any atom is 0.118 e. The zero-order valence-corrected chi connectivity index (χ0v) is 18.8. The Morgan fingerprint density at radius 1 is 0.800 bits per heavy atom. The molecule has 0 aliphatic carbocycles. The molecule has 0 aliphatic rings. The van der Waals surface area contributed by atoms with Gasteiger partial charge >= 0.3 is 0 Å². The van der Waals surface area contributed by atoms with Crippen molar-refractivity contribution in [2.45, 2.75) is 71.4 Å². The van der Waals surface area contributed by atoms with E-state index < -0.39 is 0 Å². The van der Waals surface area contributed by atoms with Crippen molar-refractivity contribution in [3.05, 3.63) is 65.7 Å². The normalized spacial score (nSPS) is 14.3. The van der Waals surface area contributed by atoms with Crippen molar-refractivity contribution in [3.63, 3.8) is 0 Å². The second kappa shape index (κ2) is 14.2. The van der Waals surface area contributed by atoms with Crippen LogP contribution in [0.3, 0.4) is 0 Å². The molecule has 0 saturated heterocycles. The number of benzene rings is 2. The van der Waals surface area contributed by atoms with Gasteiger partial charge in [-0.25, -0.2) is 0 Å². The van der Waals surface area contributed by atoms with Crippen molar-refractivity contribution >= 4 is 0 Å². The highest BCUT2D eigenvalue weighted by Crippen LogP contribution is 2.21. The Labute approximate surface area is 182 Å². The minimum absolute atomic E-state index is 0.105. The van der Waals surface area contributed by atoms with Gasteiger partial charge in [-0.15, -0.1) is 0 Å². The maximum absolute atomic E-state index is 9.40. The summed E-state index contributed by atoms with van der Waals surface area (Å²) < 4.78 is 17.8. The summed E-state index contributed by atoms with van der Waals surface area (Å²) in [5.41, 5.74) is 2.33. The first-order valence-corrected chi connectivity index (χ1v) is 11.2. The van der Waals surface area contributed by atoms with Crippen LogP contribution in [-0.2, 0) is 22.7 Å². The second-order valence-electron chi connectivity index (χ2n) is 8.09. The lowest BCUT2D eigenvalue weighted by Gasteiger charge is -2.25. The SMILES string of the molecule is CCC[C@@H](C[C@H](CC[C@H](C)CO)OCc1ccc(OC)cc1)OCc1ccccc1. The Bertz CT molecular complexity index is 671. The first-order chi connectivity index (χ1) is 14.6. The van der Waals surface area contributed by atoms with Crippen molar-refractivity contribution in [3.8, 4) is 5.75 Å². The third-order valence-corrected chi connectivity index (χ3v) is 5.40. The van der Waals surface area contributed by atoms with Gasteiger partial charge in [0.1, 0.15) is 5.75 Å². The van der Waals surface area contributed by atoms with Gasteiger partial charge in [0.15, 0.2) is 0 Å². The highest BCUT2D eigenvalue weighted by Gasteiger charge is 2.19. The summed E-state index contributed by atoms with van der Waals surface area (Å²) in [5.74, 6) is 1.14. The first kappa shape index (κ1) is 24.4. The van der Waals surface area contributed by atoms with E-state index >= 15 is 0 Å². The van der Waals surface area contributed by atoms with Gasteiger partial charge in [-0.05, 0) is 54.9 Å². The lowest BCUT2D eigenvalue weighted by Crippen LogP contribution is -2.24.